The van der Waals surface area contributed by atoms with E-state index in [1.165, 1.54) is 6.20 Å². The Balaban J connectivity index is 0.00000189. The van der Waals surface area contributed by atoms with Crippen molar-refractivity contribution in [3.05, 3.63) is 64.2 Å². The molecular weight excluding hydrogens is 522 g/mol. The number of rotatable bonds is 7. The van der Waals surface area contributed by atoms with Gasteiger partial charge in [-0.3, -0.25) is 9.59 Å². The molecule has 1 amide bonds. The fourth-order valence-corrected chi connectivity index (χ4v) is 5.05. The number of anilines is 5. The smallest absolute Gasteiger partial charge is 0.263 e. The molecule has 41 heavy (non-hydrogen) atoms. The molecule has 11 nitrogen and oxygen atoms in total. The second-order valence-electron chi connectivity index (χ2n) is 10.1. The minimum atomic E-state index is -0.511. The first-order valence-electron chi connectivity index (χ1n) is 14.1. The van der Waals surface area contributed by atoms with Gasteiger partial charge < -0.3 is 40.2 Å². The number of hydrogen-bond donors (Lipinski definition) is 4. The van der Waals surface area contributed by atoms with Crippen molar-refractivity contribution in [2.45, 2.75) is 39.8 Å². The summed E-state index contributed by atoms with van der Waals surface area (Å²) in [5.74, 6) is 0.0250. The first-order chi connectivity index (χ1) is 19.8. The van der Waals surface area contributed by atoms with E-state index in [1.54, 1.807) is 19.4 Å². The molecule has 4 N–H and O–H groups in total. The highest BCUT2D eigenvalue weighted by Crippen LogP contribution is 2.35. The molecule has 5 rings (SSSR count). The van der Waals surface area contributed by atoms with E-state index in [0.717, 1.165) is 36.6 Å². The summed E-state index contributed by atoms with van der Waals surface area (Å²) in [5.41, 5.74) is 3.86. The molecule has 1 saturated heterocycles. The number of methoxy groups -OCH3 is 1. The van der Waals surface area contributed by atoms with Crippen LogP contribution in [0.5, 0.6) is 5.88 Å². The number of aromatic nitrogens is 2. The number of amides is 1. The molecule has 2 aliphatic rings. The summed E-state index contributed by atoms with van der Waals surface area (Å²) >= 11 is 0. The van der Waals surface area contributed by atoms with Crippen molar-refractivity contribution in [2.75, 3.05) is 67.8 Å². The van der Waals surface area contributed by atoms with Crippen LogP contribution >= 0.6 is 0 Å². The molecule has 1 aromatic carbocycles. The molecule has 4 heterocycles. The molecule has 2 unspecified atom stereocenters. The van der Waals surface area contributed by atoms with Gasteiger partial charge in [-0.05, 0) is 51.2 Å². The zero-order valence-corrected chi connectivity index (χ0v) is 24.7. The van der Waals surface area contributed by atoms with Crippen molar-refractivity contribution in [1.82, 2.24) is 14.9 Å². The van der Waals surface area contributed by atoms with Gasteiger partial charge in [0.1, 0.15) is 17.4 Å². The molecule has 2 aromatic heterocycles. The predicted octanol–water partition coefficient (Wildman–Crippen LogP) is 4.06. The maximum absolute atomic E-state index is 13.3. The Morgan fingerprint density at radius 3 is 2.66 bits per heavy atom. The van der Waals surface area contributed by atoms with Crippen molar-refractivity contribution in [2.24, 2.45) is 0 Å². The summed E-state index contributed by atoms with van der Waals surface area (Å²) in [6.45, 7) is 12.0. The third-order valence-corrected chi connectivity index (χ3v) is 7.14. The molecule has 0 bridgehead atoms. The van der Waals surface area contributed by atoms with E-state index < -0.39 is 11.5 Å². The Labute approximate surface area is 241 Å². The first kappa shape index (κ1) is 29.9. The summed E-state index contributed by atoms with van der Waals surface area (Å²) in [4.78, 5) is 37.7. The monoisotopic (exact) mass is 563 g/mol. The number of carbonyl (C=O) groups excluding carboxylic acids is 1. The van der Waals surface area contributed by atoms with Crippen LogP contribution in [-0.2, 0) is 4.74 Å². The molecule has 2 aliphatic heterocycles. The van der Waals surface area contributed by atoms with Crippen LogP contribution in [0.1, 0.15) is 36.7 Å². The molecule has 11 heteroatoms. The molecule has 0 saturated carbocycles. The molecule has 3 aromatic rings. The number of piperazine rings is 1. The lowest BCUT2D eigenvalue weighted by molar-refractivity contribution is 0.102. The van der Waals surface area contributed by atoms with Gasteiger partial charge >= 0.3 is 0 Å². The third-order valence-electron chi connectivity index (χ3n) is 7.14. The van der Waals surface area contributed by atoms with Crippen molar-refractivity contribution in [1.29, 1.82) is 0 Å². The van der Waals surface area contributed by atoms with Crippen LogP contribution in [0, 0.1) is 6.92 Å². The summed E-state index contributed by atoms with van der Waals surface area (Å²) in [6, 6.07) is 9.57. The van der Waals surface area contributed by atoms with Gasteiger partial charge in [0.25, 0.3) is 11.5 Å². The van der Waals surface area contributed by atoms with Gasteiger partial charge in [-0.2, -0.15) is 0 Å². The maximum Gasteiger partial charge on any atom is 0.263 e. The number of fused-ring (bicyclic) bond motifs is 1. The minimum absolute atomic E-state index is 0.0178. The number of benzene rings is 1. The second-order valence-corrected chi connectivity index (χ2v) is 10.1. The lowest BCUT2D eigenvalue weighted by atomic mass is 10.1. The van der Waals surface area contributed by atoms with Gasteiger partial charge in [-0.1, -0.05) is 13.8 Å². The van der Waals surface area contributed by atoms with Crippen molar-refractivity contribution in [3.63, 3.8) is 0 Å². The molecule has 0 radical (unpaired) electrons. The lowest BCUT2D eigenvalue weighted by Gasteiger charge is -2.41. The standard InChI is InChI=1S/C28H35N7O4.C2H6/c1-17-13-30-25-18(2)23(14-31-28(25)39-17)33-22-9-10-29-26(36)24(22)27(37)32-19-5-7-20(8-6-19)35-12-11-34(3)15-21(35)16-38-4;1-2/h5-10,14,17,21,30H,11-13,15-16H2,1-4H3,(H,32,37)(H2,29,33,36);1-2H3. The minimum Gasteiger partial charge on any atom is -0.471 e. The molecule has 220 valence electrons. The van der Waals surface area contributed by atoms with E-state index in [1.807, 2.05) is 52.0 Å². The Bertz CT molecular complexity index is 1390. The summed E-state index contributed by atoms with van der Waals surface area (Å²) in [6.07, 6.45) is 3.17. The highest BCUT2D eigenvalue weighted by atomic mass is 16.5. The number of ether oxygens (including phenoxy) is 2. The quantitative estimate of drug-likeness (QED) is 0.337. The SMILES string of the molecule is CC.COCC1CN(C)CCN1c1ccc(NC(=O)c2c(Nc3cnc4c(c3C)NCC(C)O4)cc[nH]c2=O)cc1. The van der Waals surface area contributed by atoms with Gasteiger partial charge in [0.2, 0.25) is 5.88 Å². The maximum atomic E-state index is 13.3. The van der Waals surface area contributed by atoms with Crippen LogP contribution in [-0.4, -0.2) is 79.9 Å². The number of carbonyl (C=O) groups is 1. The number of nitrogens with one attached hydrogen (secondary N) is 4. The van der Waals surface area contributed by atoms with Gasteiger partial charge in [-0.15, -0.1) is 0 Å². The Morgan fingerprint density at radius 2 is 1.93 bits per heavy atom. The van der Waals surface area contributed by atoms with Crippen LogP contribution in [0.4, 0.5) is 28.4 Å². The van der Waals surface area contributed by atoms with Crippen molar-refractivity contribution < 1.29 is 14.3 Å². The van der Waals surface area contributed by atoms with E-state index in [9.17, 15) is 9.59 Å². The van der Waals surface area contributed by atoms with Crippen LogP contribution < -0.4 is 31.1 Å². The third kappa shape index (κ3) is 6.80. The van der Waals surface area contributed by atoms with Crippen LogP contribution in [0.25, 0.3) is 0 Å². The molecule has 2 atom stereocenters. The van der Waals surface area contributed by atoms with E-state index in [4.69, 9.17) is 9.47 Å². The number of hydrogen-bond acceptors (Lipinski definition) is 9. The number of nitrogens with zero attached hydrogens (tertiary/aromatic N) is 3. The molecular formula is C30H41N7O4. The van der Waals surface area contributed by atoms with E-state index in [0.29, 0.717) is 36.1 Å². The van der Waals surface area contributed by atoms with Crippen LogP contribution in [0.2, 0.25) is 0 Å². The fourth-order valence-electron chi connectivity index (χ4n) is 5.05. The van der Waals surface area contributed by atoms with Gasteiger partial charge in [0.15, 0.2) is 0 Å². The number of H-pyrrole nitrogens is 1. The van der Waals surface area contributed by atoms with E-state index in [-0.39, 0.29) is 17.7 Å². The van der Waals surface area contributed by atoms with Crippen molar-refractivity contribution >= 4 is 34.3 Å². The predicted molar refractivity (Wildman–Crippen MR) is 164 cm³/mol. The number of aromatic amines is 1. The Kier molecular flexibility index (Phi) is 9.85. The summed E-state index contributed by atoms with van der Waals surface area (Å²) in [7, 11) is 3.83. The summed E-state index contributed by atoms with van der Waals surface area (Å²) in [5, 5.41) is 9.43. The van der Waals surface area contributed by atoms with Crippen LogP contribution in [0.3, 0.4) is 0 Å². The first-order valence-corrected chi connectivity index (χ1v) is 14.1. The Morgan fingerprint density at radius 1 is 1.17 bits per heavy atom. The zero-order valence-electron chi connectivity index (χ0n) is 24.7. The largest absolute Gasteiger partial charge is 0.471 e. The number of likely N-dealkylation sites (N-methyl/N-ethyl adjacent to an activating group) is 1. The van der Waals surface area contributed by atoms with Crippen molar-refractivity contribution in [3.8, 4) is 5.88 Å². The average molecular weight is 564 g/mol. The summed E-state index contributed by atoms with van der Waals surface area (Å²) < 4.78 is 11.2. The second kappa shape index (κ2) is 13.5. The van der Waals surface area contributed by atoms with E-state index in [2.05, 4.69) is 42.8 Å². The van der Waals surface area contributed by atoms with Gasteiger partial charge in [-0.25, -0.2) is 4.98 Å². The Hall–Kier alpha value is -4.09. The lowest BCUT2D eigenvalue weighted by Crippen LogP contribution is -2.53. The fraction of sp³-hybridized carbons (Fsp3) is 0.433. The topological polar surface area (TPSA) is 124 Å². The molecule has 1 fully saturated rings. The molecule has 0 aliphatic carbocycles. The highest BCUT2D eigenvalue weighted by molar-refractivity contribution is 6.08. The zero-order chi connectivity index (χ0) is 29.5. The molecule has 0 spiro atoms. The van der Waals surface area contributed by atoms with E-state index >= 15 is 0 Å². The average Bonchev–Trinajstić information content (AvgIpc) is 2.96. The van der Waals surface area contributed by atoms with Gasteiger partial charge in [0, 0.05) is 49.9 Å². The number of pyridine rings is 2. The van der Waals surface area contributed by atoms with Crippen LogP contribution in [0.15, 0.2) is 47.5 Å². The highest BCUT2D eigenvalue weighted by Gasteiger charge is 2.26. The normalized spacial score (nSPS) is 18.2. The van der Waals surface area contributed by atoms with Gasteiger partial charge in [0.05, 0.1) is 36.8 Å².